The quantitative estimate of drug-likeness (QED) is 0.724. The predicted octanol–water partition coefficient (Wildman–Crippen LogP) is 3.33. The van der Waals surface area contributed by atoms with Crippen LogP contribution in [0.15, 0.2) is 23.8 Å². The van der Waals surface area contributed by atoms with Crippen molar-refractivity contribution >= 4 is 16.6 Å². The number of hydrogen-bond donors (Lipinski definition) is 0. The van der Waals surface area contributed by atoms with E-state index >= 15 is 0 Å². The molecule has 0 aliphatic heterocycles. The molecule has 78 valence electrons. The lowest BCUT2D eigenvalue weighted by molar-refractivity contribution is 0.386. The minimum Gasteiger partial charge on any atom is -0.494 e. The van der Waals surface area contributed by atoms with Crippen LogP contribution in [0.25, 0.3) is 5.03 Å². The van der Waals surface area contributed by atoms with Gasteiger partial charge in [-0.2, -0.15) is 5.26 Å². The van der Waals surface area contributed by atoms with Crippen LogP contribution < -0.4 is 4.74 Å². The smallest absolute Gasteiger partial charge is 0.165 e. The molecule has 0 aromatic heterocycles. The predicted molar refractivity (Wildman–Crippen MR) is 57.0 cm³/mol. The highest BCUT2D eigenvalue weighted by Crippen LogP contribution is 2.26. The first-order valence-electron chi connectivity index (χ1n) is 4.20. The van der Waals surface area contributed by atoms with Gasteiger partial charge in [-0.1, -0.05) is 11.6 Å². The van der Waals surface area contributed by atoms with Gasteiger partial charge >= 0.3 is 0 Å². The molecule has 15 heavy (non-hydrogen) atoms. The van der Waals surface area contributed by atoms with Crippen molar-refractivity contribution in [1.82, 2.24) is 0 Å². The molecule has 1 rings (SSSR count). The second-order valence-corrected chi connectivity index (χ2v) is 3.28. The molecule has 0 fully saturated rings. The summed E-state index contributed by atoms with van der Waals surface area (Å²) >= 11 is 5.87. The van der Waals surface area contributed by atoms with E-state index in [-0.39, 0.29) is 10.8 Å². The number of benzene rings is 1. The largest absolute Gasteiger partial charge is 0.494 e. The van der Waals surface area contributed by atoms with E-state index in [1.165, 1.54) is 19.2 Å². The van der Waals surface area contributed by atoms with Crippen LogP contribution in [0, 0.1) is 17.1 Å². The summed E-state index contributed by atoms with van der Waals surface area (Å²) < 4.78 is 18.1. The lowest BCUT2D eigenvalue weighted by Crippen LogP contribution is -1.89. The van der Waals surface area contributed by atoms with Crippen LogP contribution in [0.4, 0.5) is 4.39 Å². The van der Waals surface area contributed by atoms with Gasteiger partial charge in [0.25, 0.3) is 0 Å². The van der Waals surface area contributed by atoms with Crippen molar-refractivity contribution in [2.45, 2.75) is 6.92 Å². The fourth-order valence-electron chi connectivity index (χ4n) is 1.07. The number of nitrogens with zero attached hydrogens (tertiary/aromatic N) is 1. The molecular weight excluding hydrogens is 217 g/mol. The lowest BCUT2D eigenvalue weighted by atomic mass is 10.1. The minimum absolute atomic E-state index is 0.151. The summed E-state index contributed by atoms with van der Waals surface area (Å²) in [6.07, 6.45) is 0. The van der Waals surface area contributed by atoms with Crippen LogP contribution in [-0.4, -0.2) is 7.11 Å². The van der Waals surface area contributed by atoms with Gasteiger partial charge in [-0.3, -0.25) is 0 Å². The van der Waals surface area contributed by atoms with Crippen molar-refractivity contribution in [1.29, 1.82) is 5.26 Å². The number of nitriles is 1. The Balaban J connectivity index is 3.20. The SMILES string of the molecule is COc1ccc(C(Cl)=C(C)C#N)cc1F. The van der Waals surface area contributed by atoms with E-state index in [1.807, 2.05) is 6.07 Å². The summed E-state index contributed by atoms with van der Waals surface area (Å²) in [5.41, 5.74) is 0.815. The van der Waals surface area contributed by atoms with E-state index in [0.717, 1.165) is 0 Å². The zero-order valence-electron chi connectivity index (χ0n) is 8.34. The van der Waals surface area contributed by atoms with Crippen molar-refractivity contribution in [3.8, 4) is 11.8 Å². The summed E-state index contributed by atoms with van der Waals surface area (Å²) in [6, 6.07) is 6.22. The van der Waals surface area contributed by atoms with Gasteiger partial charge in [0.1, 0.15) is 0 Å². The van der Waals surface area contributed by atoms with Crippen LogP contribution in [0.1, 0.15) is 12.5 Å². The number of ether oxygens (including phenoxy) is 1. The first-order chi connectivity index (χ1) is 7.10. The molecule has 0 amide bonds. The summed E-state index contributed by atoms with van der Waals surface area (Å²) in [5, 5.41) is 8.87. The van der Waals surface area contributed by atoms with Crippen molar-refractivity contribution in [3.63, 3.8) is 0 Å². The first-order valence-corrected chi connectivity index (χ1v) is 4.58. The molecule has 0 heterocycles. The third-order valence-electron chi connectivity index (χ3n) is 1.90. The zero-order valence-corrected chi connectivity index (χ0v) is 9.10. The van der Waals surface area contributed by atoms with Gasteiger partial charge < -0.3 is 4.74 Å². The highest BCUT2D eigenvalue weighted by atomic mass is 35.5. The standard InChI is InChI=1S/C11H9ClFNO/c1-7(6-14)11(12)8-3-4-10(15-2)9(13)5-8/h3-5H,1-2H3. The molecule has 1 aromatic carbocycles. The molecule has 0 spiro atoms. The van der Waals surface area contributed by atoms with Crippen molar-refractivity contribution < 1.29 is 9.13 Å². The van der Waals surface area contributed by atoms with Crippen LogP contribution >= 0.6 is 11.6 Å². The molecule has 2 nitrogen and oxygen atoms in total. The molecule has 0 aliphatic rings. The van der Waals surface area contributed by atoms with E-state index < -0.39 is 5.82 Å². The molecule has 4 heteroatoms. The Morgan fingerprint density at radius 3 is 2.67 bits per heavy atom. The summed E-state index contributed by atoms with van der Waals surface area (Å²) in [6.45, 7) is 1.57. The van der Waals surface area contributed by atoms with Gasteiger partial charge in [0, 0.05) is 5.57 Å². The molecule has 0 N–H and O–H groups in total. The molecule has 0 radical (unpaired) electrons. The summed E-state index contributed by atoms with van der Waals surface area (Å²) in [4.78, 5) is 0. The normalized spacial score (nSPS) is 11.7. The molecule has 0 unspecified atom stereocenters. The zero-order chi connectivity index (χ0) is 11.4. The minimum atomic E-state index is -0.501. The lowest BCUT2D eigenvalue weighted by Gasteiger charge is -2.04. The number of rotatable bonds is 2. The Bertz CT molecular complexity index is 448. The Morgan fingerprint density at radius 1 is 1.53 bits per heavy atom. The molecule has 0 saturated heterocycles. The number of halogens is 2. The van der Waals surface area contributed by atoms with Gasteiger partial charge in [-0.25, -0.2) is 4.39 Å². The fraction of sp³-hybridized carbons (Fsp3) is 0.182. The van der Waals surface area contributed by atoms with E-state index in [0.29, 0.717) is 11.1 Å². The molecular formula is C11H9ClFNO. The molecule has 0 saturated carbocycles. The summed E-state index contributed by atoms with van der Waals surface area (Å²) in [5.74, 6) is -0.350. The van der Waals surface area contributed by atoms with Crippen molar-refractivity contribution in [2.24, 2.45) is 0 Å². The maximum absolute atomic E-state index is 13.3. The molecule has 0 bridgehead atoms. The van der Waals surface area contributed by atoms with E-state index in [1.54, 1.807) is 13.0 Å². The van der Waals surface area contributed by atoms with Gasteiger partial charge in [0.05, 0.1) is 18.2 Å². The van der Waals surface area contributed by atoms with Gasteiger partial charge in [-0.05, 0) is 30.7 Å². The van der Waals surface area contributed by atoms with Crippen LogP contribution in [-0.2, 0) is 0 Å². The second kappa shape index (κ2) is 4.81. The van der Waals surface area contributed by atoms with Gasteiger partial charge in [0.2, 0.25) is 0 Å². The number of allylic oxidation sites excluding steroid dienone is 1. The van der Waals surface area contributed by atoms with Gasteiger partial charge in [-0.15, -0.1) is 0 Å². The summed E-state index contributed by atoms with van der Waals surface area (Å²) in [7, 11) is 1.38. The Hall–Kier alpha value is -1.53. The Labute approximate surface area is 92.5 Å². The highest BCUT2D eigenvalue weighted by molar-refractivity contribution is 6.49. The molecule has 0 atom stereocenters. The fourth-order valence-corrected chi connectivity index (χ4v) is 1.23. The average Bonchev–Trinajstić information content (AvgIpc) is 2.26. The van der Waals surface area contributed by atoms with Crippen LogP contribution in [0.2, 0.25) is 0 Å². The highest BCUT2D eigenvalue weighted by Gasteiger charge is 2.07. The maximum Gasteiger partial charge on any atom is 0.165 e. The van der Waals surface area contributed by atoms with Crippen molar-refractivity contribution in [3.05, 3.63) is 35.2 Å². The average molecular weight is 226 g/mol. The second-order valence-electron chi connectivity index (χ2n) is 2.90. The molecule has 1 aromatic rings. The Kier molecular flexibility index (Phi) is 3.70. The van der Waals surface area contributed by atoms with Crippen LogP contribution in [0.3, 0.4) is 0 Å². The first kappa shape index (κ1) is 11.5. The molecule has 0 aliphatic carbocycles. The van der Waals surface area contributed by atoms with E-state index in [2.05, 4.69) is 0 Å². The number of hydrogen-bond acceptors (Lipinski definition) is 2. The van der Waals surface area contributed by atoms with Crippen molar-refractivity contribution in [2.75, 3.05) is 7.11 Å². The third-order valence-corrected chi connectivity index (χ3v) is 2.40. The monoisotopic (exact) mass is 225 g/mol. The van der Waals surface area contributed by atoms with Crippen LogP contribution in [0.5, 0.6) is 5.75 Å². The number of methoxy groups -OCH3 is 1. The van der Waals surface area contributed by atoms with E-state index in [4.69, 9.17) is 21.6 Å². The maximum atomic E-state index is 13.3. The van der Waals surface area contributed by atoms with Gasteiger partial charge in [0.15, 0.2) is 11.6 Å². The third kappa shape index (κ3) is 2.48. The Morgan fingerprint density at radius 2 is 2.20 bits per heavy atom. The van der Waals surface area contributed by atoms with E-state index in [9.17, 15) is 4.39 Å². The topological polar surface area (TPSA) is 33.0 Å².